The van der Waals surface area contributed by atoms with E-state index in [-0.39, 0.29) is 12.3 Å². The van der Waals surface area contributed by atoms with Crippen LogP contribution in [0.15, 0.2) is 0 Å². The quantitative estimate of drug-likeness (QED) is 0.771. The fraction of sp³-hybridized carbons (Fsp3) is 0.846. The molecular weight excluding hydrogens is 232 g/mol. The number of aliphatic carboxylic acids is 1. The maximum absolute atomic E-state index is 12.1. The number of carbonyl (C=O) groups is 2. The van der Waals surface area contributed by atoms with Crippen LogP contribution in [0.25, 0.3) is 0 Å². The molecule has 1 N–H and O–H groups in total. The molecule has 0 spiro atoms. The topological polar surface area (TPSA) is 60.9 Å². The van der Waals surface area contributed by atoms with Gasteiger partial charge in [-0.2, -0.15) is 0 Å². The van der Waals surface area contributed by atoms with Gasteiger partial charge in [0.25, 0.3) is 0 Å². The van der Waals surface area contributed by atoms with E-state index in [0.717, 1.165) is 25.9 Å². The van der Waals surface area contributed by atoms with Crippen LogP contribution in [-0.4, -0.2) is 59.5 Å². The van der Waals surface area contributed by atoms with Crippen LogP contribution in [0.2, 0.25) is 0 Å². The van der Waals surface area contributed by atoms with E-state index in [1.165, 1.54) is 0 Å². The number of piperidine rings is 1. The number of nitrogens with zero attached hydrogens (tertiary/aromatic N) is 2. The number of rotatable bonds is 6. The van der Waals surface area contributed by atoms with Crippen molar-refractivity contribution >= 4 is 11.9 Å². The fourth-order valence-electron chi connectivity index (χ4n) is 2.15. The third-order valence-electron chi connectivity index (χ3n) is 3.58. The molecule has 0 unspecified atom stereocenters. The van der Waals surface area contributed by atoms with Gasteiger partial charge in [-0.05, 0) is 25.3 Å². The predicted molar refractivity (Wildman–Crippen MR) is 69.3 cm³/mol. The van der Waals surface area contributed by atoms with Gasteiger partial charge < -0.3 is 10.0 Å². The van der Waals surface area contributed by atoms with Crippen LogP contribution in [0.4, 0.5) is 0 Å². The zero-order valence-electron chi connectivity index (χ0n) is 11.4. The van der Waals surface area contributed by atoms with E-state index in [4.69, 9.17) is 5.11 Å². The van der Waals surface area contributed by atoms with Crippen LogP contribution in [-0.2, 0) is 9.59 Å². The van der Waals surface area contributed by atoms with Crippen molar-refractivity contribution in [3.63, 3.8) is 0 Å². The summed E-state index contributed by atoms with van der Waals surface area (Å²) < 4.78 is 0. The van der Waals surface area contributed by atoms with E-state index in [2.05, 4.69) is 6.92 Å². The van der Waals surface area contributed by atoms with E-state index in [1.807, 2.05) is 16.7 Å². The highest BCUT2D eigenvalue weighted by Gasteiger charge is 2.21. The molecule has 5 heteroatoms. The first-order valence-corrected chi connectivity index (χ1v) is 6.74. The molecular formula is C13H24N2O3. The van der Waals surface area contributed by atoms with Crippen molar-refractivity contribution in [3.8, 4) is 0 Å². The van der Waals surface area contributed by atoms with Crippen LogP contribution < -0.4 is 0 Å². The standard InChI is InChI=1S/C13H24N2O3/c1-3-14(7-6-13(17)18)10-12(16)15-8-4-11(2)5-9-15/h11H,3-10H2,1-2H3,(H,17,18). The van der Waals surface area contributed by atoms with Gasteiger partial charge in [-0.25, -0.2) is 0 Å². The van der Waals surface area contributed by atoms with Crippen molar-refractivity contribution in [2.45, 2.75) is 33.1 Å². The summed E-state index contributed by atoms with van der Waals surface area (Å²) in [5.41, 5.74) is 0. The zero-order chi connectivity index (χ0) is 13.5. The minimum atomic E-state index is -0.812. The number of carbonyl (C=O) groups excluding carboxylic acids is 1. The molecule has 0 aromatic rings. The Bertz CT molecular complexity index is 286. The molecule has 0 bridgehead atoms. The Hall–Kier alpha value is -1.10. The Labute approximate surface area is 109 Å². The fourth-order valence-corrected chi connectivity index (χ4v) is 2.15. The number of carboxylic acids is 1. The molecule has 1 aliphatic heterocycles. The van der Waals surface area contributed by atoms with E-state index in [0.29, 0.717) is 25.6 Å². The second-order valence-corrected chi connectivity index (χ2v) is 5.08. The first-order valence-electron chi connectivity index (χ1n) is 6.74. The van der Waals surface area contributed by atoms with Gasteiger partial charge in [0.2, 0.25) is 5.91 Å². The lowest BCUT2D eigenvalue weighted by molar-refractivity contribution is -0.139. The molecule has 5 nitrogen and oxygen atoms in total. The maximum atomic E-state index is 12.1. The van der Waals surface area contributed by atoms with Crippen LogP contribution >= 0.6 is 0 Å². The van der Waals surface area contributed by atoms with Crippen molar-refractivity contribution in [1.82, 2.24) is 9.80 Å². The Morgan fingerprint density at radius 3 is 2.44 bits per heavy atom. The lowest BCUT2D eigenvalue weighted by Gasteiger charge is -2.32. The highest BCUT2D eigenvalue weighted by Crippen LogP contribution is 2.16. The molecule has 1 amide bonds. The summed E-state index contributed by atoms with van der Waals surface area (Å²) >= 11 is 0. The molecule has 1 saturated heterocycles. The molecule has 104 valence electrons. The first kappa shape index (κ1) is 15.0. The minimum Gasteiger partial charge on any atom is -0.481 e. The third kappa shape index (κ3) is 5.04. The average Bonchev–Trinajstić information content (AvgIpc) is 2.34. The van der Waals surface area contributed by atoms with Gasteiger partial charge in [0, 0.05) is 19.6 Å². The van der Waals surface area contributed by atoms with Gasteiger partial charge in [0.15, 0.2) is 0 Å². The largest absolute Gasteiger partial charge is 0.481 e. The van der Waals surface area contributed by atoms with Crippen LogP contribution in [0.1, 0.15) is 33.1 Å². The number of amides is 1. The van der Waals surface area contributed by atoms with Crippen molar-refractivity contribution in [1.29, 1.82) is 0 Å². The SMILES string of the molecule is CCN(CCC(=O)O)CC(=O)N1CCC(C)CC1. The van der Waals surface area contributed by atoms with Gasteiger partial charge in [0.05, 0.1) is 13.0 Å². The number of carboxylic acid groups (broad SMARTS) is 1. The highest BCUT2D eigenvalue weighted by molar-refractivity contribution is 5.78. The lowest BCUT2D eigenvalue weighted by Crippen LogP contribution is -2.44. The lowest BCUT2D eigenvalue weighted by atomic mass is 9.99. The first-order chi connectivity index (χ1) is 8.52. The third-order valence-corrected chi connectivity index (χ3v) is 3.58. The predicted octanol–water partition coefficient (Wildman–Crippen LogP) is 1.04. The van der Waals surface area contributed by atoms with Gasteiger partial charge in [-0.3, -0.25) is 14.5 Å². The van der Waals surface area contributed by atoms with E-state index in [9.17, 15) is 9.59 Å². The molecule has 0 radical (unpaired) electrons. The Morgan fingerprint density at radius 1 is 1.33 bits per heavy atom. The molecule has 1 heterocycles. The van der Waals surface area contributed by atoms with Gasteiger partial charge in [0.1, 0.15) is 0 Å². The molecule has 0 aliphatic carbocycles. The monoisotopic (exact) mass is 256 g/mol. The van der Waals surface area contributed by atoms with Crippen LogP contribution in [0.3, 0.4) is 0 Å². The Balaban J connectivity index is 2.34. The number of likely N-dealkylation sites (tertiary alicyclic amines) is 1. The molecule has 1 fully saturated rings. The van der Waals surface area contributed by atoms with Crippen LogP contribution in [0, 0.1) is 5.92 Å². The second kappa shape index (κ2) is 7.36. The summed E-state index contributed by atoms with van der Waals surface area (Å²) in [6, 6.07) is 0. The summed E-state index contributed by atoms with van der Waals surface area (Å²) in [4.78, 5) is 26.4. The molecule has 0 aromatic carbocycles. The van der Waals surface area contributed by atoms with Gasteiger partial charge in [-0.1, -0.05) is 13.8 Å². The molecule has 0 saturated carbocycles. The van der Waals surface area contributed by atoms with E-state index >= 15 is 0 Å². The smallest absolute Gasteiger partial charge is 0.304 e. The Kier molecular flexibility index (Phi) is 6.12. The normalized spacial score (nSPS) is 17.2. The minimum absolute atomic E-state index is 0.0954. The molecule has 0 atom stereocenters. The Morgan fingerprint density at radius 2 is 1.94 bits per heavy atom. The van der Waals surface area contributed by atoms with E-state index < -0.39 is 5.97 Å². The van der Waals surface area contributed by atoms with Gasteiger partial charge in [-0.15, -0.1) is 0 Å². The summed E-state index contributed by atoms with van der Waals surface area (Å²) in [5, 5.41) is 8.65. The molecule has 1 aliphatic rings. The van der Waals surface area contributed by atoms with Crippen molar-refractivity contribution < 1.29 is 14.7 Å². The average molecular weight is 256 g/mol. The van der Waals surface area contributed by atoms with Crippen molar-refractivity contribution in [2.24, 2.45) is 5.92 Å². The van der Waals surface area contributed by atoms with E-state index in [1.54, 1.807) is 0 Å². The van der Waals surface area contributed by atoms with Crippen molar-refractivity contribution in [3.05, 3.63) is 0 Å². The summed E-state index contributed by atoms with van der Waals surface area (Å²) in [7, 11) is 0. The highest BCUT2D eigenvalue weighted by atomic mass is 16.4. The summed E-state index contributed by atoms with van der Waals surface area (Å²) in [6.45, 7) is 7.36. The number of hydrogen-bond donors (Lipinski definition) is 1. The maximum Gasteiger partial charge on any atom is 0.304 e. The molecule has 1 rings (SSSR count). The summed E-state index contributed by atoms with van der Waals surface area (Å²) in [5.74, 6) is 0.0326. The second-order valence-electron chi connectivity index (χ2n) is 5.08. The summed E-state index contributed by atoms with van der Waals surface area (Å²) in [6.07, 6.45) is 2.25. The number of likely N-dealkylation sites (N-methyl/N-ethyl adjacent to an activating group) is 1. The van der Waals surface area contributed by atoms with Gasteiger partial charge >= 0.3 is 5.97 Å². The van der Waals surface area contributed by atoms with Crippen molar-refractivity contribution in [2.75, 3.05) is 32.7 Å². The number of hydrogen-bond acceptors (Lipinski definition) is 3. The molecule has 18 heavy (non-hydrogen) atoms. The molecule has 0 aromatic heterocycles. The van der Waals surface area contributed by atoms with Crippen LogP contribution in [0.5, 0.6) is 0 Å². The zero-order valence-corrected chi connectivity index (χ0v) is 11.4.